The smallest absolute Gasteiger partial charge is 0.225 e. The zero-order valence-electron chi connectivity index (χ0n) is 19.4. The Kier molecular flexibility index (Phi) is 7.08. The zero-order valence-corrected chi connectivity index (χ0v) is 19.4. The molecule has 2 saturated heterocycles. The maximum atomic E-state index is 14.2. The molecule has 2 aliphatic carbocycles. The third-order valence-electron chi connectivity index (χ3n) is 8.85. The molecule has 2 saturated carbocycles. The van der Waals surface area contributed by atoms with Crippen LogP contribution in [-0.4, -0.2) is 66.9 Å². The summed E-state index contributed by atoms with van der Waals surface area (Å²) < 4.78 is 41.4. The van der Waals surface area contributed by atoms with E-state index < -0.39 is 24.6 Å². The van der Waals surface area contributed by atoms with Crippen molar-refractivity contribution >= 4 is 11.8 Å². The van der Waals surface area contributed by atoms with Crippen LogP contribution in [0.15, 0.2) is 0 Å². The molecule has 2 heterocycles. The molecule has 0 radical (unpaired) electrons. The molecule has 11 atom stereocenters. The summed E-state index contributed by atoms with van der Waals surface area (Å²) >= 11 is 0. The molecule has 0 aromatic heterocycles. The number of rotatable bonds is 3. The molecular weight excluding hydrogens is 419 g/mol. The predicted molar refractivity (Wildman–Crippen MR) is 116 cm³/mol. The normalized spacial score (nSPS) is 47.6. The zero-order chi connectivity index (χ0) is 23.2. The minimum atomic E-state index is -2.18. The Morgan fingerprint density at radius 1 is 1.03 bits per heavy atom. The number of fused-ring (bicyclic) bond motifs is 1. The Balaban J connectivity index is 1.41. The van der Waals surface area contributed by atoms with Crippen molar-refractivity contribution < 1.29 is 22.8 Å². The first-order valence-corrected chi connectivity index (χ1v) is 12.4. The quantitative estimate of drug-likeness (QED) is 0.684. The van der Waals surface area contributed by atoms with Crippen molar-refractivity contribution in [2.75, 3.05) is 13.6 Å². The van der Waals surface area contributed by atoms with Gasteiger partial charge in [-0.05, 0) is 69.6 Å². The number of nitrogens with zero attached hydrogens (tertiary/aromatic N) is 1. The predicted octanol–water partition coefficient (Wildman–Crippen LogP) is 3.18. The molecule has 4 aliphatic rings. The number of halogens is 3. The van der Waals surface area contributed by atoms with Gasteiger partial charge in [-0.2, -0.15) is 0 Å². The third-order valence-corrected chi connectivity index (χ3v) is 8.85. The summed E-state index contributed by atoms with van der Waals surface area (Å²) in [7, 11) is 1.91. The number of hydrogen-bond donors (Lipinski definition) is 2. The van der Waals surface area contributed by atoms with E-state index in [-0.39, 0.29) is 48.5 Å². The fourth-order valence-electron chi connectivity index (χ4n) is 6.74. The Labute approximate surface area is 189 Å². The lowest BCUT2D eigenvalue weighted by molar-refractivity contribution is -0.150. The Bertz CT molecular complexity index is 710. The minimum Gasteiger partial charge on any atom is -0.350 e. The molecule has 0 aromatic rings. The number of carbonyl (C=O) groups is 2. The molecule has 2 N–H and O–H groups in total. The van der Waals surface area contributed by atoms with Crippen LogP contribution in [0.2, 0.25) is 0 Å². The molecule has 5 nitrogen and oxygen atoms in total. The van der Waals surface area contributed by atoms with Crippen molar-refractivity contribution in [3.63, 3.8) is 0 Å². The van der Waals surface area contributed by atoms with Crippen LogP contribution >= 0.6 is 0 Å². The number of likely N-dealkylation sites (tertiary alicyclic amines) is 1. The van der Waals surface area contributed by atoms with Gasteiger partial charge in [0, 0.05) is 37.5 Å². The second-order valence-electron chi connectivity index (χ2n) is 10.9. The largest absolute Gasteiger partial charge is 0.350 e. The summed E-state index contributed by atoms with van der Waals surface area (Å²) in [6.07, 6.45) is -2.03. The van der Waals surface area contributed by atoms with Crippen molar-refractivity contribution in [2.24, 2.45) is 29.6 Å². The van der Waals surface area contributed by atoms with Gasteiger partial charge in [-0.15, -0.1) is 0 Å². The van der Waals surface area contributed by atoms with Gasteiger partial charge in [0.15, 0.2) is 12.3 Å². The molecule has 8 heteroatoms. The highest BCUT2D eigenvalue weighted by Gasteiger charge is 2.48. The van der Waals surface area contributed by atoms with E-state index in [1.54, 1.807) is 0 Å². The monoisotopic (exact) mass is 457 g/mol. The second-order valence-corrected chi connectivity index (χ2v) is 10.9. The lowest BCUT2D eigenvalue weighted by atomic mass is 9.64. The summed E-state index contributed by atoms with van der Waals surface area (Å²) in [4.78, 5) is 28.2. The average molecular weight is 458 g/mol. The summed E-state index contributed by atoms with van der Waals surface area (Å²) in [6, 6.07) is -0.296. The van der Waals surface area contributed by atoms with Crippen molar-refractivity contribution in [2.45, 2.75) is 95.4 Å². The van der Waals surface area contributed by atoms with Crippen LogP contribution in [0.5, 0.6) is 0 Å². The molecular formula is C24H38F3N3O2. The van der Waals surface area contributed by atoms with Crippen LogP contribution in [0.25, 0.3) is 0 Å². The van der Waals surface area contributed by atoms with Gasteiger partial charge in [0.2, 0.25) is 11.8 Å². The number of amides is 2. The molecule has 11 unspecified atom stereocenters. The molecule has 0 aromatic carbocycles. The molecule has 2 aliphatic heterocycles. The lowest BCUT2D eigenvalue weighted by Crippen LogP contribution is -2.60. The number of alkyl halides is 3. The van der Waals surface area contributed by atoms with Crippen molar-refractivity contribution in [1.82, 2.24) is 15.5 Å². The number of hydrogen-bond acceptors (Lipinski definition) is 3. The van der Waals surface area contributed by atoms with E-state index in [4.69, 9.17) is 0 Å². The first-order valence-electron chi connectivity index (χ1n) is 12.4. The first-order chi connectivity index (χ1) is 15.2. The van der Waals surface area contributed by atoms with Crippen LogP contribution in [0.1, 0.15) is 58.8 Å². The highest BCUT2D eigenvalue weighted by atomic mass is 19.2. The minimum absolute atomic E-state index is 0.0744. The Morgan fingerprint density at radius 3 is 2.53 bits per heavy atom. The van der Waals surface area contributed by atoms with E-state index in [0.29, 0.717) is 30.7 Å². The molecule has 182 valence electrons. The lowest BCUT2D eigenvalue weighted by Gasteiger charge is -2.50. The standard InChI is InChI=1S/C24H38F3N3O2/c1-12-4-5-14(23(31)29-19-7-6-18(25)21(26)22(19)27)9-16(12)17-10-15-11-28-13(2)8-20(15)30(3)24(17)32/h12-22,28H,4-11H2,1-3H3,(H,29,31). The second kappa shape index (κ2) is 9.51. The number of carbonyl (C=O) groups excluding carboxylic acids is 2. The first kappa shape index (κ1) is 23.8. The topological polar surface area (TPSA) is 61.4 Å². The van der Waals surface area contributed by atoms with E-state index in [1.165, 1.54) is 0 Å². The fourth-order valence-corrected chi connectivity index (χ4v) is 6.74. The third kappa shape index (κ3) is 4.53. The molecule has 0 bridgehead atoms. The summed E-state index contributed by atoms with van der Waals surface area (Å²) in [6.45, 7) is 5.22. The van der Waals surface area contributed by atoms with E-state index in [9.17, 15) is 22.8 Å². The number of nitrogens with one attached hydrogen (secondary N) is 2. The molecule has 4 rings (SSSR count). The summed E-state index contributed by atoms with van der Waals surface area (Å²) in [5, 5.41) is 6.21. The maximum Gasteiger partial charge on any atom is 0.225 e. The highest BCUT2D eigenvalue weighted by Crippen LogP contribution is 2.44. The maximum absolute atomic E-state index is 14.2. The molecule has 4 fully saturated rings. The van der Waals surface area contributed by atoms with Gasteiger partial charge in [-0.25, -0.2) is 13.2 Å². The molecule has 2 amide bonds. The van der Waals surface area contributed by atoms with Crippen LogP contribution in [-0.2, 0) is 9.59 Å². The van der Waals surface area contributed by atoms with Gasteiger partial charge in [-0.3, -0.25) is 9.59 Å². The fraction of sp³-hybridized carbons (Fsp3) is 0.917. The van der Waals surface area contributed by atoms with E-state index >= 15 is 0 Å². The van der Waals surface area contributed by atoms with E-state index in [0.717, 1.165) is 25.8 Å². The Morgan fingerprint density at radius 2 is 1.78 bits per heavy atom. The SMILES string of the molecule is CC1CC2C(CN1)CC(C1CC(C(=O)NC3CCC(F)C(F)C3F)CCC1C)C(=O)N2C. The van der Waals surface area contributed by atoms with Crippen LogP contribution in [0.4, 0.5) is 13.2 Å². The summed E-state index contributed by atoms with van der Waals surface area (Å²) in [5.74, 6) is 0.347. The van der Waals surface area contributed by atoms with Gasteiger partial charge in [0.25, 0.3) is 0 Å². The van der Waals surface area contributed by atoms with Crippen molar-refractivity contribution in [1.29, 1.82) is 0 Å². The van der Waals surface area contributed by atoms with E-state index in [2.05, 4.69) is 24.5 Å². The van der Waals surface area contributed by atoms with Crippen LogP contribution in [0.3, 0.4) is 0 Å². The van der Waals surface area contributed by atoms with Gasteiger partial charge < -0.3 is 15.5 Å². The van der Waals surface area contributed by atoms with E-state index in [1.807, 2.05) is 11.9 Å². The van der Waals surface area contributed by atoms with Gasteiger partial charge in [-0.1, -0.05) is 6.92 Å². The average Bonchev–Trinajstić information content (AvgIpc) is 2.77. The molecule has 0 spiro atoms. The highest BCUT2D eigenvalue weighted by molar-refractivity contribution is 5.81. The van der Waals surface area contributed by atoms with Gasteiger partial charge >= 0.3 is 0 Å². The molecule has 32 heavy (non-hydrogen) atoms. The van der Waals surface area contributed by atoms with Crippen LogP contribution < -0.4 is 10.6 Å². The summed E-state index contributed by atoms with van der Waals surface area (Å²) in [5.41, 5.74) is 0. The van der Waals surface area contributed by atoms with Gasteiger partial charge in [0.1, 0.15) is 6.17 Å². The van der Waals surface area contributed by atoms with Crippen molar-refractivity contribution in [3.05, 3.63) is 0 Å². The van der Waals surface area contributed by atoms with Crippen LogP contribution in [0, 0.1) is 29.6 Å². The Hall–Kier alpha value is -1.31. The number of piperidine rings is 2. The van der Waals surface area contributed by atoms with Gasteiger partial charge in [0.05, 0.1) is 6.04 Å². The van der Waals surface area contributed by atoms with Crippen molar-refractivity contribution in [3.8, 4) is 0 Å².